The van der Waals surface area contributed by atoms with Gasteiger partial charge in [-0.1, -0.05) is 47.6 Å². The lowest BCUT2D eigenvalue weighted by molar-refractivity contribution is 0.0969. The van der Waals surface area contributed by atoms with Crippen LogP contribution in [0.3, 0.4) is 0 Å². The standard InChI is InChI=1S/C27H20N2O5/c1-3-32-18-9-6-8-17(14-18)23-22-24(30)20-12-11-16-7-4-5-10-19(16)25(20)33-26(22)27(31)29(23)21-13-15(2)34-28-21/h4-14,23H,3H2,1-2H3. The number of hydrogen-bond donors (Lipinski definition) is 0. The van der Waals surface area contributed by atoms with E-state index in [0.717, 1.165) is 10.8 Å². The zero-order valence-corrected chi connectivity index (χ0v) is 18.6. The average molecular weight is 452 g/mol. The first-order chi connectivity index (χ1) is 16.6. The van der Waals surface area contributed by atoms with Gasteiger partial charge in [0.15, 0.2) is 11.2 Å². The van der Waals surface area contributed by atoms with Crippen molar-refractivity contribution in [2.45, 2.75) is 19.9 Å². The van der Waals surface area contributed by atoms with Crippen LogP contribution < -0.4 is 15.1 Å². The van der Waals surface area contributed by atoms with Gasteiger partial charge in [-0.3, -0.25) is 14.5 Å². The fraction of sp³-hybridized carbons (Fsp3) is 0.148. The Morgan fingerprint density at radius 2 is 1.85 bits per heavy atom. The average Bonchev–Trinajstić information content (AvgIpc) is 3.40. The molecule has 6 rings (SSSR count). The second kappa shape index (κ2) is 7.59. The summed E-state index contributed by atoms with van der Waals surface area (Å²) in [5.41, 5.74) is 1.15. The molecule has 7 heteroatoms. The molecule has 0 saturated carbocycles. The summed E-state index contributed by atoms with van der Waals surface area (Å²) in [4.78, 5) is 29.0. The predicted octanol–water partition coefficient (Wildman–Crippen LogP) is 5.39. The van der Waals surface area contributed by atoms with Crippen LogP contribution >= 0.6 is 0 Å². The molecule has 1 aliphatic heterocycles. The molecule has 5 aromatic rings. The summed E-state index contributed by atoms with van der Waals surface area (Å²) >= 11 is 0. The third-order valence-electron chi connectivity index (χ3n) is 6.11. The van der Waals surface area contributed by atoms with Crippen molar-refractivity contribution < 1.29 is 18.5 Å². The van der Waals surface area contributed by atoms with E-state index in [0.29, 0.717) is 40.5 Å². The summed E-state index contributed by atoms with van der Waals surface area (Å²) in [5, 5.41) is 6.20. The Hall–Kier alpha value is -4.39. The van der Waals surface area contributed by atoms with E-state index in [4.69, 9.17) is 13.7 Å². The van der Waals surface area contributed by atoms with Gasteiger partial charge in [0, 0.05) is 11.5 Å². The number of fused-ring (bicyclic) bond motifs is 4. The third kappa shape index (κ3) is 2.94. The summed E-state index contributed by atoms with van der Waals surface area (Å²) in [6.07, 6.45) is 0. The number of aryl methyl sites for hydroxylation is 1. The molecule has 7 nitrogen and oxygen atoms in total. The molecule has 0 fully saturated rings. The Balaban J connectivity index is 1.66. The van der Waals surface area contributed by atoms with Crippen LogP contribution in [-0.4, -0.2) is 17.7 Å². The fourth-order valence-corrected chi connectivity index (χ4v) is 4.66. The van der Waals surface area contributed by atoms with Gasteiger partial charge in [-0.2, -0.15) is 0 Å². The quantitative estimate of drug-likeness (QED) is 0.340. The molecule has 34 heavy (non-hydrogen) atoms. The number of ether oxygens (including phenoxy) is 1. The smallest absolute Gasteiger partial charge is 0.296 e. The Bertz CT molecular complexity index is 1650. The first kappa shape index (κ1) is 20.2. The minimum absolute atomic E-state index is 0.0151. The molecular formula is C27H20N2O5. The number of nitrogens with zero attached hydrogens (tertiary/aromatic N) is 2. The molecule has 1 aliphatic rings. The van der Waals surface area contributed by atoms with E-state index >= 15 is 0 Å². The van der Waals surface area contributed by atoms with E-state index in [9.17, 15) is 9.59 Å². The van der Waals surface area contributed by atoms with Crippen molar-refractivity contribution >= 4 is 33.5 Å². The lowest BCUT2D eigenvalue weighted by Gasteiger charge is -2.22. The van der Waals surface area contributed by atoms with Gasteiger partial charge in [-0.15, -0.1) is 0 Å². The molecule has 0 bridgehead atoms. The number of anilines is 1. The number of rotatable bonds is 4. The van der Waals surface area contributed by atoms with Crippen molar-refractivity contribution in [1.29, 1.82) is 0 Å². The first-order valence-corrected chi connectivity index (χ1v) is 11.0. The maximum atomic E-state index is 13.9. The monoisotopic (exact) mass is 452 g/mol. The van der Waals surface area contributed by atoms with E-state index < -0.39 is 11.9 Å². The lowest BCUT2D eigenvalue weighted by Crippen LogP contribution is -2.29. The van der Waals surface area contributed by atoms with Gasteiger partial charge in [0.25, 0.3) is 5.91 Å². The largest absolute Gasteiger partial charge is 0.494 e. The molecule has 0 spiro atoms. The lowest BCUT2D eigenvalue weighted by atomic mass is 9.97. The highest BCUT2D eigenvalue weighted by Gasteiger charge is 2.45. The molecule has 3 heterocycles. The summed E-state index contributed by atoms with van der Waals surface area (Å²) in [7, 11) is 0. The molecule has 0 N–H and O–H groups in total. The van der Waals surface area contributed by atoms with Crippen LogP contribution in [0, 0.1) is 6.92 Å². The third-order valence-corrected chi connectivity index (χ3v) is 6.11. The minimum Gasteiger partial charge on any atom is -0.494 e. The molecule has 1 unspecified atom stereocenters. The van der Waals surface area contributed by atoms with Crippen molar-refractivity contribution in [3.8, 4) is 5.75 Å². The van der Waals surface area contributed by atoms with Gasteiger partial charge in [-0.05, 0) is 43.0 Å². The number of carbonyl (C=O) groups excluding carboxylic acids is 1. The van der Waals surface area contributed by atoms with Crippen molar-refractivity contribution in [3.05, 3.63) is 99.6 Å². The molecule has 0 saturated heterocycles. The second-order valence-electron chi connectivity index (χ2n) is 8.22. The van der Waals surface area contributed by atoms with E-state index in [1.807, 2.05) is 61.5 Å². The number of amides is 1. The van der Waals surface area contributed by atoms with Gasteiger partial charge in [-0.25, -0.2) is 0 Å². The first-order valence-electron chi connectivity index (χ1n) is 11.0. The van der Waals surface area contributed by atoms with Crippen molar-refractivity contribution in [3.63, 3.8) is 0 Å². The van der Waals surface area contributed by atoms with Crippen LogP contribution in [0.25, 0.3) is 21.7 Å². The highest BCUT2D eigenvalue weighted by Crippen LogP contribution is 2.42. The zero-order chi connectivity index (χ0) is 23.4. The van der Waals surface area contributed by atoms with E-state index in [-0.39, 0.29) is 16.8 Å². The Kier molecular flexibility index (Phi) is 4.52. The highest BCUT2D eigenvalue weighted by molar-refractivity contribution is 6.12. The van der Waals surface area contributed by atoms with Crippen LogP contribution in [0.15, 0.2) is 80.5 Å². The van der Waals surface area contributed by atoms with Gasteiger partial charge in [0.2, 0.25) is 5.76 Å². The topological polar surface area (TPSA) is 85.8 Å². The van der Waals surface area contributed by atoms with E-state index in [1.165, 1.54) is 4.90 Å². The van der Waals surface area contributed by atoms with Crippen LogP contribution in [0.5, 0.6) is 5.75 Å². The van der Waals surface area contributed by atoms with Gasteiger partial charge in [0.1, 0.15) is 17.1 Å². The summed E-state index contributed by atoms with van der Waals surface area (Å²) in [5.74, 6) is 1.08. The van der Waals surface area contributed by atoms with Crippen molar-refractivity contribution in [2.24, 2.45) is 0 Å². The fourth-order valence-electron chi connectivity index (χ4n) is 4.66. The van der Waals surface area contributed by atoms with E-state index in [2.05, 4.69) is 5.16 Å². The molecule has 1 amide bonds. The Morgan fingerprint density at radius 1 is 1.00 bits per heavy atom. The van der Waals surface area contributed by atoms with Crippen LogP contribution in [0.2, 0.25) is 0 Å². The zero-order valence-electron chi connectivity index (χ0n) is 18.6. The summed E-state index contributed by atoms with van der Waals surface area (Å²) in [6.45, 7) is 4.14. The molecule has 3 aromatic carbocycles. The molecule has 2 aromatic heterocycles. The molecule has 1 atom stereocenters. The number of hydrogen-bond acceptors (Lipinski definition) is 6. The molecule has 0 radical (unpaired) electrons. The number of carbonyl (C=O) groups is 1. The predicted molar refractivity (Wildman–Crippen MR) is 127 cm³/mol. The maximum Gasteiger partial charge on any atom is 0.296 e. The van der Waals surface area contributed by atoms with Crippen LogP contribution in [0.4, 0.5) is 5.82 Å². The summed E-state index contributed by atoms with van der Waals surface area (Å²) in [6, 6.07) is 19.6. The number of aromatic nitrogens is 1. The summed E-state index contributed by atoms with van der Waals surface area (Å²) < 4.78 is 17.2. The Morgan fingerprint density at radius 3 is 2.65 bits per heavy atom. The SMILES string of the molecule is CCOc1cccc(C2c3c(oc4c(ccc5ccccc54)c3=O)C(=O)N2c2cc(C)on2)c1. The minimum atomic E-state index is -0.737. The highest BCUT2D eigenvalue weighted by atomic mass is 16.5. The number of benzene rings is 3. The normalized spacial score (nSPS) is 15.3. The van der Waals surface area contributed by atoms with Crippen molar-refractivity contribution in [1.82, 2.24) is 5.16 Å². The Labute approximate surface area is 194 Å². The van der Waals surface area contributed by atoms with Crippen LogP contribution in [-0.2, 0) is 0 Å². The molecular weight excluding hydrogens is 432 g/mol. The van der Waals surface area contributed by atoms with Gasteiger partial charge in [0.05, 0.1) is 23.6 Å². The van der Waals surface area contributed by atoms with Gasteiger partial charge >= 0.3 is 0 Å². The van der Waals surface area contributed by atoms with Crippen LogP contribution in [0.1, 0.15) is 40.4 Å². The van der Waals surface area contributed by atoms with Crippen molar-refractivity contribution in [2.75, 3.05) is 11.5 Å². The van der Waals surface area contributed by atoms with Gasteiger partial charge < -0.3 is 13.7 Å². The molecule has 168 valence electrons. The second-order valence-corrected chi connectivity index (χ2v) is 8.22. The maximum absolute atomic E-state index is 13.9. The molecule has 0 aliphatic carbocycles. The van der Waals surface area contributed by atoms with E-state index in [1.54, 1.807) is 19.1 Å².